The quantitative estimate of drug-likeness (QED) is 0.805. The molecule has 1 aromatic carbocycles. The first-order chi connectivity index (χ1) is 9.04. The fraction of sp³-hybridized carbons (Fsp3) is 0.286. The minimum Gasteiger partial charge on any atom is -0.295 e. The molecular formula is C14H15Cl2N3. The van der Waals surface area contributed by atoms with Crippen molar-refractivity contribution >= 4 is 23.2 Å². The molecule has 0 radical (unpaired) electrons. The van der Waals surface area contributed by atoms with Gasteiger partial charge in [-0.2, -0.15) is 0 Å². The van der Waals surface area contributed by atoms with Gasteiger partial charge in [-0.3, -0.25) is 4.90 Å². The van der Waals surface area contributed by atoms with Gasteiger partial charge in [-0.15, -0.1) is 0 Å². The van der Waals surface area contributed by atoms with Crippen molar-refractivity contribution in [2.45, 2.75) is 20.0 Å². The third kappa shape index (κ3) is 4.16. The average molecular weight is 296 g/mol. The van der Waals surface area contributed by atoms with E-state index in [1.807, 2.05) is 38.2 Å². The SMILES string of the molecule is Cc1cc(Cl)nc(CN(C)Cc2ccccc2Cl)n1. The summed E-state index contributed by atoms with van der Waals surface area (Å²) in [7, 11) is 2.00. The number of rotatable bonds is 4. The highest BCUT2D eigenvalue weighted by atomic mass is 35.5. The number of nitrogens with zero attached hydrogens (tertiary/aromatic N) is 3. The topological polar surface area (TPSA) is 29.0 Å². The molecule has 2 rings (SSSR count). The largest absolute Gasteiger partial charge is 0.295 e. The Hall–Kier alpha value is -1.16. The predicted octanol–water partition coefficient (Wildman–Crippen LogP) is 3.72. The number of halogens is 2. The zero-order chi connectivity index (χ0) is 13.8. The van der Waals surface area contributed by atoms with E-state index < -0.39 is 0 Å². The van der Waals surface area contributed by atoms with Crippen LogP contribution in [-0.4, -0.2) is 21.9 Å². The molecule has 0 amide bonds. The molecule has 0 unspecified atom stereocenters. The summed E-state index contributed by atoms with van der Waals surface area (Å²) in [6, 6.07) is 9.57. The predicted molar refractivity (Wildman–Crippen MR) is 78.4 cm³/mol. The minimum absolute atomic E-state index is 0.480. The van der Waals surface area contributed by atoms with E-state index in [0.29, 0.717) is 11.7 Å². The smallest absolute Gasteiger partial charge is 0.144 e. The van der Waals surface area contributed by atoms with E-state index in [-0.39, 0.29) is 0 Å². The third-order valence-corrected chi connectivity index (χ3v) is 3.24. The summed E-state index contributed by atoms with van der Waals surface area (Å²) in [5.74, 6) is 0.722. The van der Waals surface area contributed by atoms with Crippen LogP contribution in [0.15, 0.2) is 30.3 Å². The van der Waals surface area contributed by atoms with Gasteiger partial charge in [0.15, 0.2) is 0 Å². The molecule has 0 saturated carbocycles. The lowest BCUT2D eigenvalue weighted by atomic mass is 10.2. The van der Waals surface area contributed by atoms with Gasteiger partial charge in [0.2, 0.25) is 0 Å². The molecule has 0 aliphatic carbocycles. The van der Waals surface area contributed by atoms with E-state index in [1.54, 1.807) is 6.07 Å². The van der Waals surface area contributed by atoms with E-state index in [0.717, 1.165) is 28.6 Å². The van der Waals surface area contributed by atoms with Crippen LogP contribution in [0.5, 0.6) is 0 Å². The lowest BCUT2D eigenvalue weighted by Crippen LogP contribution is -2.19. The van der Waals surface area contributed by atoms with Crippen molar-refractivity contribution < 1.29 is 0 Å². The Balaban J connectivity index is 2.05. The number of aryl methyl sites for hydroxylation is 1. The zero-order valence-corrected chi connectivity index (χ0v) is 12.4. The van der Waals surface area contributed by atoms with Crippen LogP contribution in [0.25, 0.3) is 0 Å². The van der Waals surface area contributed by atoms with Crippen molar-refractivity contribution in [3.05, 3.63) is 57.6 Å². The van der Waals surface area contributed by atoms with Crippen molar-refractivity contribution in [1.29, 1.82) is 0 Å². The van der Waals surface area contributed by atoms with Crippen LogP contribution >= 0.6 is 23.2 Å². The Morgan fingerprint density at radius 3 is 2.53 bits per heavy atom. The van der Waals surface area contributed by atoms with Crippen LogP contribution < -0.4 is 0 Å². The van der Waals surface area contributed by atoms with Gasteiger partial charge in [-0.1, -0.05) is 41.4 Å². The highest BCUT2D eigenvalue weighted by Gasteiger charge is 2.07. The molecule has 1 aromatic heterocycles. The third-order valence-electron chi connectivity index (χ3n) is 2.68. The number of hydrogen-bond donors (Lipinski definition) is 0. The molecule has 0 atom stereocenters. The highest BCUT2D eigenvalue weighted by Crippen LogP contribution is 2.17. The summed E-state index contributed by atoms with van der Waals surface area (Å²) in [5.41, 5.74) is 1.96. The molecule has 5 heteroatoms. The highest BCUT2D eigenvalue weighted by molar-refractivity contribution is 6.31. The van der Waals surface area contributed by atoms with Crippen molar-refractivity contribution in [2.75, 3.05) is 7.05 Å². The van der Waals surface area contributed by atoms with Gasteiger partial charge in [0.05, 0.1) is 6.54 Å². The van der Waals surface area contributed by atoms with Gasteiger partial charge < -0.3 is 0 Å². The summed E-state index contributed by atoms with van der Waals surface area (Å²) in [4.78, 5) is 10.7. The maximum atomic E-state index is 6.14. The van der Waals surface area contributed by atoms with E-state index in [2.05, 4.69) is 14.9 Å². The van der Waals surface area contributed by atoms with Gasteiger partial charge in [-0.25, -0.2) is 9.97 Å². The summed E-state index contributed by atoms with van der Waals surface area (Å²) < 4.78 is 0. The van der Waals surface area contributed by atoms with Crippen LogP contribution in [-0.2, 0) is 13.1 Å². The monoisotopic (exact) mass is 295 g/mol. The van der Waals surface area contributed by atoms with Crippen LogP contribution in [0.4, 0.5) is 0 Å². The maximum Gasteiger partial charge on any atom is 0.144 e. The van der Waals surface area contributed by atoms with Crippen LogP contribution in [0.3, 0.4) is 0 Å². The number of hydrogen-bond acceptors (Lipinski definition) is 3. The van der Waals surface area contributed by atoms with Crippen molar-refractivity contribution in [3.63, 3.8) is 0 Å². The lowest BCUT2D eigenvalue weighted by Gasteiger charge is -2.16. The number of benzene rings is 1. The first kappa shape index (κ1) is 14.3. The Labute approximate surface area is 123 Å². The lowest BCUT2D eigenvalue weighted by molar-refractivity contribution is 0.310. The Kier molecular flexibility index (Phi) is 4.75. The molecule has 2 aromatic rings. The maximum absolute atomic E-state index is 6.14. The molecule has 0 fully saturated rings. The second kappa shape index (κ2) is 6.33. The average Bonchev–Trinajstić information content (AvgIpc) is 2.30. The van der Waals surface area contributed by atoms with Crippen molar-refractivity contribution in [2.24, 2.45) is 0 Å². The number of aromatic nitrogens is 2. The van der Waals surface area contributed by atoms with Gasteiger partial charge in [-0.05, 0) is 31.7 Å². The van der Waals surface area contributed by atoms with Crippen LogP contribution in [0.1, 0.15) is 17.1 Å². The van der Waals surface area contributed by atoms with Crippen molar-refractivity contribution in [1.82, 2.24) is 14.9 Å². The zero-order valence-electron chi connectivity index (χ0n) is 10.9. The molecule has 0 bridgehead atoms. The van der Waals surface area contributed by atoms with Gasteiger partial charge in [0.25, 0.3) is 0 Å². The standard InChI is InChI=1S/C14H15Cl2N3/c1-10-7-13(16)18-14(17-10)9-19(2)8-11-5-3-4-6-12(11)15/h3-7H,8-9H2,1-2H3. The fourth-order valence-corrected chi connectivity index (χ4v) is 2.33. The van der Waals surface area contributed by atoms with E-state index in [9.17, 15) is 0 Å². The second-order valence-corrected chi connectivity index (χ2v) is 5.31. The van der Waals surface area contributed by atoms with E-state index >= 15 is 0 Å². The summed E-state index contributed by atoms with van der Waals surface area (Å²) in [5, 5.41) is 1.26. The van der Waals surface area contributed by atoms with E-state index in [1.165, 1.54) is 0 Å². The minimum atomic E-state index is 0.480. The molecule has 3 nitrogen and oxygen atoms in total. The summed E-state index contributed by atoms with van der Waals surface area (Å²) >= 11 is 12.1. The molecule has 0 aliphatic rings. The molecule has 0 spiro atoms. The molecule has 0 aliphatic heterocycles. The first-order valence-electron chi connectivity index (χ1n) is 5.96. The molecular weight excluding hydrogens is 281 g/mol. The Morgan fingerprint density at radius 1 is 1.11 bits per heavy atom. The second-order valence-electron chi connectivity index (χ2n) is 4.51. The van der Waals surface area contributed by atoms with Gasteiger partial charge >= 0.3 is 0 Å². The summed E-state index contributed by atoms with van der Waals surface area (Å²) in [6.45, 7) is 3.28. The molecule has 100 valence electrons. The van der Waals surface area contributed by atoms with E-state index in [4.69, 9.17) is 23.2 Å². The Bertz CT molecular complexity index is 552. The fourth-order valence-electron chi connectivity index (χ4n) is 1.87. The van der Waals surface area contributed by atoms with Crippen molar-refractivity contribution in [3.8, 4) is 0 Å². The normalized spacial score (nSPS) is 11.0. The molecule has 1 heterocycles. The van der Waals surface area contributed by atoms with Crippen LogP contribution in [0.2, 0.25) is 10.2 Å². The van der Waals surface area contributed by atoms with Crippen LogP contribution in [0, 0.1) is 6.92 Å². The molecule has 0 saturated heterocycles. The summed E-state index contributed by atoms with van der Waals surface area (Å²) in [6.07, 6.45) is 0. The van der Waals surface area contributed by atoms with Gasteiger partial charge in [0, 0.05) is 17.3 Å². The first-order valence-corrected chi connectivity index (χ1v) is 6.72. The molecule has 0 N–H and O–H groups in total. The molecule has 19 heavy (non-hydrogen) atoms. The van der Waals surface area contributed by atoms with Gasteiger partial charge in [0.1, 0.15) is 11.0 Å². The Morgan fingerprint density at radius 2 is 1.84 bits per heavy atom.